The SMILES string of the molecule is CCC(CC)CC(CO)(CO)c1ccc(Cl)cc1. The van der Waals surface area contributed by atoms with Crippen LogP contribution < -0.4 is 0 Å². The zero-order chi connectivity index (χ0) is 13.6. The van der Waals surface area contributed by atoms with Crippen molar-refractivity contribution in [3.63, 3.8) is 0 Å². The Morgan fingerprint density at radius 1 is 1.06 bits per heavy atom. The second-order valence-corrected chi connectivity index (χ2v) is 5.43. The van der Waals surface area contributed by atoms with Crippen LogP contribution in [0.2, 0.25) is 5.02 Å². The third-order valence-corrected chi connectivity index (χ3v) is 4.15. The fourth-order valence-corrected chi connectivity index (χ4v) is 2.54. The van der Waals surface area contributed by atoms with Gasteiger partial charge in [-0.05, 0) is 30.0 Å². The van der Waals surface area contributed by atoms with Crippen LogP contribution in [0.5, 0.6) is 0 Å². The Bertz CT molecular complexity index is 340. The van der Waals surface area contributed by atoms with Crippen LogP contribution in [0, 0.1) is 5.92 Å². The maximum absolute atomic E-state index is 9.75. The largest absolute Gasteiger partial charge is 0.395 e. The monoisotopic (exact) mass is 270 g/mol. The van der Waals surface area contributed by atoms with E-state index in [1.54, 1.807) is 0 Å². The lowest BCUT2D eigenvalue weighted by Gasteiger charge is -2.33. The van der Waals surface area contributed by atoms with Gasteiger partial charge < -0.3 is 10.2 Å². The van der Waals surface area contributed by atoms with Crippen molar-refractivity contribution >= 4 is 11.6 Å². The molecule has 0 spiro atoms. The van der Waals surface area contributed by atoms with Crippen LogP contribution >= 0.6 is 11.6 Å². The molecule has 1 rings (SSSR count). The Kier molecular flexibility index (Phi) is 6.13. The van der Waals surface area contributed by atoms with Gasteiger partial charge in [0.1, 0.15) is 0 Å². The van der Waals surface area contributed by atoms with E-state index in [1.165, 1.54) is 0 Å². The molecular weight excluding hydrogens is 248 g/mol. The molecule has 1 aromatic carbocycles. The van der Waals surface area contributed by atoms with Gasteiger partial charge in [-0.1, -0.05) is 50.4 Å². The van der Waals surface area contributed by atoms with Crippen molar-refractivity contribution in [1.82, 2.24) is 0 Å². The van der Waals surface area contributed by atoms with E-state index < -0.39 is 5.41 Å². The molecule has 0 saturated heterocycles. The molecule has 0 fully saturated rings. The second kappa shape index (κ2) is 7.13. The van der Waals surface area contributed by atoms with Gasteiger partial charge in [0.2, 0.25) is 0 Å². The molecule has 0 aliphatic rings. The fraction of sp³-hybridized carbons (Fsp3) is 0.600. The molecule has 18 heavy (non-hydrogen) atoms. The molecule has 0 bridgehead atoms. The molecule has 2 N–H and O–H groups in total. The summed E-state index contributed by atoms with van der Waals surface area (Å²) in [6, 6.07) is 7.42. The summed E-state index contributed by atoms with van der Waals surface area (Å²) >= 11 is 5.88. The van der Waals surface area contributed by atoms with E-state index in [9.17, 15) is 10.2 Å². The van der Waals surface area contributed by atoms with Crippen molar-refractivity contribution in [3.8, 4) is 0 Å². The number of benzene rings is 1. The molecule has 2 nitrogen and oxygen atoms in total. The molecule has 0 amide bonds. The molecule has 0 radical (unpaired) electrons. The zero-order valence-electron chi connectivity index (χ0n) is 11.2. The summed E-state index contributed by atoms with van der Waals surface area (Å²) < 4.78 is 0. The molecule has 0 aromatic heterocycles. The van der Waals surface area contributed by atoms with Crippen molar-refractivity contribution in [2.45, 2.75) is 38.5 Å². The highest BCUT2D eigenvalue weighted by Crippen LogP contribution is 2.33. The Morgan fingerprint density at radius 2 is 1.56 bits per heavy atom. The zero-order valence-corrected chi connectivity index (χ0v) is 12.0. The summed E-state index contributed by atoms with van der Waals surface area (Å²) in [5.41, 5.74) is 0.408. The van der Waals surface area contributed by atoms with Crippen LogP contribution in [-0.4, -0.2) is 23.4 Å². The van der Waals surface area contributed by atoms with Crippen molar-refractivity contribution < 1.29 is 10.2 Å². The maximum Gasteiger partial charge on any atom is 0.0550 e. The van der Waals surface area contributed by atoms with Gasteiger partial charge in [-0.2, -0.15) is 0 Å². The number of hydrogen-bond acceptors (Lipinski definition) is 2. The molecule has 0 unspecified atom stereocenters. The number of aliphatic hydroxyl groups excluding tert-OH is 2. The normalized spacial score (nSPS) is 12.1. The number of rotatable bonds is 7. The minimum atomic E-state index is -0.554. The summed E-state index contributed by atoms with van der Waals surface area (Å²) in [6.07, 6.45) is 2.92. The number of hydrogen-bond donors (Lipinski definition) is 2. The smallest absolute Gasteiger partial charge is 0.0550 e. The van der Waals surface area contributed by atoms with Crippen LogP contribution in [-0.2, 0) is 5.41 Å². The molecule has 0 aliphatic carbocycles. The number of halogens is 1. The van der Waals surface area contributed by atoms with Gasteiger partial charge in [-0.25, -0.2) is 0 Å². The van der Waals surface area contributed by atoms with Crippen LogP contribution in [0.1, 0.15) is 38.7 Å². The Balaban J connectivity index is 3.02. The van der Waals surface area contributed by atoms with E-state index in [1.807, 2.05) is 24.3 Å². The molecule has 1 aromatic rings. The van der Waals surface area contributed by atoms with Crippen molar-refractivity contribution in [2.24, 2.45) is 5.92 Å². The van der Waals surface area contributed by atoms with Crippen molar-refractivity contribution in [3.05, 3.63) is 34.9 Å². The molecule has 0 atom stereocenters. The molecule has 0 heterocycles. The quantitative estimate of drug-likeness (QED) is 0.797. The molecule has 0 saturated carbocycles. The first-order valence-corrected chi connectivity index (χ1v) is 6.97. The Morgan fingerprint density at radius 3 is 1.94 bits per heavy atom. The van der Waals surface area contributed by atoms with Gasteiger partial charge in [0, 0.05) is 10.4 Å². The fourth-order valence-electron chi connectivity index (χ4n) is 2.41. The van der Waals surface area contributed by atoms with E-state index in [2.05, 4.69) is 13.8 Å². The number of aliphatic hydroxyl groups is 2. The van der Waals surface area contributed by atoms with Gasteiger partial charge in [-0.3, -0.25) is 0 Å². The van der Waals surface area contributed by atoms with E-state index in [4.69, 9.17) is 11.6 Å². The van der Waals surface area contributed by atoms with Gasteiger partial charge >= 0.3 is 0 Å². The third-order valence-electron chi connectivity index (χ3n) is 3.90. The lowest BCUT2D eigenvalue weighted by molar-refractivity contribution is 0.0934. The minimum absolute atomic E-state index is 0.0400. The average molecular weight is 271 g/mol. The summed E-state index contributed by atoms with van der Waals surface area (Å²) in [5.74, 6) is 0.514. The maximum atomic E-state index is 9.75. The first kappa shape index (κ1) is 15.5. The third kappa shape index (κ3) is 3.47. The first-order valence-electron chi connectivity index (χ1n) is 6.59. The standard InChI is InChI=1S/C15H23ClO2/c1-3-12(4-2)9-15(10-17,11-18)13-5-7-14(16)8-6-13/h5-8,12,17-18H,3-4,9-11H2,1-2H3. The van der Waals surface area contributed by atoms with E-state index in [0.29, 0.717) is 10.9 Å². The van der Waals surface area contributed by atoms with Crippen LogP contribution in [0.25, 0.3) is 0 Å². The van der Waals surface area contributed by atoms with E-state index in [-0.39, 0.29) is 13.2 Å². The summed E-state index contributed by atoms with van der Waals surface area (Å²) in [6.45, 7) is 4.22. The lowest BCUT2D eigenvalue weighted by Crippen LogP contribution is -2.37. The van der Waals surface area contributed by atoms with Crippen LogP contribution in [0.15, 0.2) is 24.3 Å². The van der Waals surface area contributed by atoms with E-state index >= 15 is 0 Å². The summed E-state index contributed by atoms with van der Waals surface area (Å²) in [7, 11) is 0. The van der Waals surface area contributed by atoms with Crippen molar-refractivity contribution in [2.75, 3.05) is 13.2 Å². The topological polar surface area (TPSA) is 40.5 Å². The van der Waals surface area contributed by atoms with Crippen LogP contribution in [0.3, 0.4) is 0 Å². The average Bonchev–Trinajstić information content (AvgIpc) is 2.42. The molecule has 102 valence electrons. The van der Waals surface area contributed by atoms with Gasteiger partial charge in [0.05, 0.1) is 13.2 Å². The van der Waals surface area contributed by atoms with E-state index in [0.717, 1.165) is 24.8 Å². The molecule has 0 aliphatic heterocycles. The molecule has 3 heteroatoms. The Hall–Kier alpha value is -0.570. The van der Waals surface area contributed by atoms with Gasteiger partial charge in [-0.15, -0.1) is 0 Å². The van der Waals surface area contributed by atoms with Crippen LogP contribution in [0.4, 0.5) is 0 Å². The predicted octanol–water partition coefficient (Wildman–Crippen LogP) is 3.39. The second-order valence-electron chi connectivity index (χ2n) is 4.99. The van der Waals surface area contributed by atoms with Crippen molar-refractivity contribution in [1.29, 1.82) is 0 Å². The predicted molar refractivity (Wildman–Crippen MR) is 76.0 cm³/mol. The summed E-state index contributed by atoms with van der Waals surface area (Å²) in [4.78, 5) is 0. The van der Waals surface area contributed by atoms with Gasteiger partial charge in [0.25, 0.3) is 0 Å². The van der Waals surface area contributed by atoms with Gasteiger partial charge in [0.15, 0.2) is 0 Å². The highest BCUT2D eigenvalue weighted by atomic mass is 35.5. The first-order chi connectivity index (χ1) is 8.61. The lowest BCUT2D eigenvalue weighted by atomic mass is 9.73. The minimum Gasteiger partial charge on any atom is -0.395 e. The molecular formula is C15H23ClO2. The Labute approximate surface area is 115 Å². The highest BCUT2D eigenvalue weighted by molar-refractivity contribution is 6.30. The highest BCUT2D eigenvalue weighted by Gasteiger charge is 2.33. The summed E-state index contributed by atoms with van der Waals surface area (Å²) in [5, 5.41) is 20.2.